The Morgan fingerprint density at radius 3 is 2.19 bits per heavy atom. The number of nitrogens with one attached hydrogen (secondary N) is 1. The number of non-ortho nitro benzene ring substituents is 1. The second-order valence-electron chi connectivity index (χ2n) is 10.0. The Morgan fingerprint density at radius 1 is 1.11 bits per heavy atom. The van der Waals surface area contributed by atoms with Crippen LogP contribution >= 0.6 is 0 Å². The van der Waals surface area contributed by atoms with Crippen molar-refractivity contribution in [2.45, 2.75) is 64.0 Å². The normalized spacial score (nSPS) is 13.0. The molecule has 2 rings (SSSR count). The maximum Gasteiger partial charge on any atom is 0.407 e. The molecule has 0 saturated heterocycles. The summed E-state index contributed by atoms with van der Waals surface area (Å²) in [5.74, 6) is 0.139. The van der Waals surface area contributed by atoms with E-state index in [2.05, 4.69) is 5.32 Å². The van der Waals surface area contributed by atoms with E-state index in [0.29, 0.717) is 12.8 Å². The highest BCUT2D eigenvalue weighted by atomic mass is 32.2. The Labute approximate surface area is 212 Å². The minimum atomic E-state index is -3.94. The quantitative estimate of drug-likeness (QED) is 0.328. The Morgan fingerprint density at radius 2 is 1.69 bits per heavy atom. The van der Waals surface area contributed by atoms with E-state index >= 15 is 0 Å². The fourth-order valence-electron chi connectivity index (χ4n) is 3.52. The number of alkyl carbamates (subject to hydrolysis) is 1. The predicted octanol–water partition coefficient (Wildman–Crippen LogP) is 4.47. The summed E-state index contributed by atoms with van der Waals surface area (Å²) in [6, 6.07) is 10.9. The van der Waals surface area contributed by atoms with Gasteiger partial charge in [0.15, 0.2) is 0 Å². The number of sulfonamides is 1. The van der Waals surface area contributed by atoms with Crippen molar-refractivity contribution >= 4 is 21.8 Å². The molecule has 0 aromatic heterocycles. The number of nitrogens with zero attached hydrogens (tertiary/aromatic N) is 2. The maximum atomic E-state index is 13.4. The second-order valence-corrected chi connectivity index (χ2v) is 11.9. The average Bonchev–Trinajstić information content (AvgIpc) is 2.76. The summed E-state index contributed by atoms with van der Waals surface area (Å²) in [5.41, 5.74) is -0.0433. The molecular weight excluding hydrogens is 486 g/mol. The number of aromatic hydroxyl groups is 1. The summed E-state index contributed by atoms with van der Waals surface area (Å²) < 4.78 is 33.5. The third kappa shape index (κ3) is 9.12. The number of nitro benzene ring substituents is 1. The van der Waals surface area contributed by atoms with Crippen LogP contribution in [0.1, 0.15) is 46.6 Å². The Kier molecular flexibility index (Phi) is 9.83. The van der Waals surface area contributed by atoms with E-state index in [4.69, 9.17) is 4.74 Å². The van der Waals surface area contributed by atoms with Crippen LogP contribution in [0.25, 0.3) is 0 Å². The number of hydrogen-bond donors (Lipinski definition) is 2. The molecule has 0 radical (unpaired) electrons. The van der Waals surface area contributed by atoms with Crippen molar-refractivity contribution in [2.24, 2.45) is 5.92 Å². The SMILES string of the molecule is CC(C)CN(CCC(Cc1ccc(O)cc1)NC(=O)OC(C)(C)C)S(=O)(=O)c1ccc([N+](=O)[O-])cc1. The summed E-state index contributed by atoms with van der Waals surface area (Å²) in [4.78, 5) is 22.8. The van der Waals surface area contributed by atoms with Crippen LogP contribution in [0.5, 0.6) is 5.75 Å². The number of carbonyl (C=O) groups excluding carboxylic acids is 1. The maximum absolute atomic E-state index is 13.4. The number of phenolic OH excluding ortho intramolecular Hbond substituents is 1. The lowest BCUT2D eigenvalue weighted by molar-refractivity contribution is -0.384. The second kappa shape index (κ2) is 12.2. The predicted molar refractivity (Wildman–Crippen MR) is 136 cm³/mol. The zero-order valence-electron chi connectivity index (χ0n) is 21.3. The Balaban J connectivity index is 2.26. The number of benzene rings is 2. The molecule has 36 heavy (non-hydrogen) atoms. The molecule has 0 fully saturated rings. The van der Waals surface area contributed by atoms with Gasteiger partial charge in [0.2, 0.25) is 10.0 Å². The van der Waals surface area contributed by atoms with E-state index in [-0.39, 0.29) is 35.3 Å². The van der Waals surface area contributed by atoms with Crippen molar-refractivity contribution in [3.05, 3.63) is 64.2 Å². The van der Waals surface area contributed by atoms with Gasteiger partial charge in [-0.15, -0.1) is 0 Å². The molecular formula is C25H35N3O7S. The first-order valence-electron chi connectivity index (χ1n) is 11.7. The van der Waals surface area contributed by atoms with Gasteiger partial charge in [0.1, 0.15) is 11.4 Å². The van der Waals surface area contributed by atoms with Crippen molar-refractivity contribution in [1.29, 1.82) is 0 Å². The van der Waals surface area contributed by atoms with Gasteiger partial charge >= 0.3 is 6.09 Å². The largest absolute Gasteiger partial charge is 0.508 e. The monoisotopic (exact) mass is 521 g/mol. The zero-order valence-corrected chi connectivity index (χ0v) is 22.1. The molecule has 1 amide bonds. The lowest BCUT2D eigenvalue weighted by Gasteiger charge is -2.28. The van der Waals surface area contributed by atoms with E-state index in [0.717, 1.165) is 17.7 Å². The summed E-state index contributed by atoms with van der Waals surface area (Å²) in [7, 11) is -3.94. The molecule has 0 aliphatic heterocycles. The van der Waals surface area contributed by atoms with Gasteiger partial charge in [-0.3, -0.25) is 10.1 Å². The van der Waals surface area contributed by atoms with E-state index in [1.807, 2.05) is 13.8 Å². The topological polar surface area (TPSA) is 139 Å². The molecule has 1 atom stereocenters. The average molecular weight is 522 g/mol. The molecule has 0 bridgehead atoms. The van der Waals surface area contributed by atoms with E-state index in [9.17, 15) is 28.4 Å². The number of nitro groups is 1. The van der Waals surface area contributed by atoms with Crippen molar-refractivity contribution in [1.82, 2.24) is 9.62 Å². The molecule has 2 aromatic carbocycles. The molecule has 2 N–H and O–H groups in total. The third-order valence-corrected chi connectivity index (χ3v) is 7.00. The molecule has 0 spiro atoms. The summed E-state index contributed by atoms with van der Waals surface area (Å²) in [6.07, 6.45) is 0.0750. The highest BCUT2D eigenvalue weighted by Gasteiger charge is 2.28. The molecule has 0 aliphatic carbocycles. The van der Waals surface area contributed by atoms with E-state index in [1.54, 1.807) is 45.0 Å². The van der Waals surface area contributed by atoms with Crippen LogP contribution in [-0.2, 0) is 21.2 Å². The van der Waals surface area contributed by atoms with Gasteiger partial charge in [0, 0.05) is 31.3 Å². The summed E-state index contributed by atoms with van der Waals surface area (Å²) in [6.45, 7) is 9.39. The van der Waals surface area contributed by atoms with Crippen LogP contribution in [0.4, 0.5) is 10.5 Å². The highest BCUT2D eigenvalue weighted by Crippen LogP contribution is 2.22. The van der Waals surface area contributed by atoms with Gasteiger partial charge in [-0.2, -0.15) is 4.31 Å². The van der Waals surface area contributed by atoms with Crippen LogP contribution < -0.4 is 5.32 Å². The van der Waals surface area contributed by atoms with Gasteiger partial charge in [0.25, 0.3) is 5.69 Å². The number of carbonyl (C=O) groups is 1. The van der Waals surface area contributed by atoms with Gasteiger partial charge in [-0.1, -0.05) is 26.0 Å². The van der Waals surface area contributed by atoms with Crippen molar-refractivity contribution in [3.63, 3.8) is 0 Å². The van der Waals surface area contributed by atoms with E-state index < -0.39 is 32.7 Å². The standard InChI is InChI=1S/C25H35N3O7S/c1-18(2)17-27(36(33,34)23-12-8-21(9-13-23)28(31)32)15-14-20(26-24(30)35-25(3,4)5)16-19-6-10-22(29)11-7-19/h6-13,18,20,29H,14-17H2,1-5H3,(H,26,30). The molecule has 1 unspecified atom stereocenters. The van der Waals surface area contributed by atoms with Crippen molar-refractivity contribution in [3.8, 4) is 5.75 Å². The number of rotatable bonds is 11. The Hall–Kier alpha value is -3.18. The molecule has 11 heteroatoms. The third-order valence-electron chi connectivity index (χ3n) is 5.12. The van der Waals surface area contributed by atoms with Gasteiger partial charge < -0.3 is 15.2 Å². The van der Waals surface area contributed by atoms with Crippen LogP contribution in [0.15, 0.2) is 53.4 Å². The zero-order chi connectivity index (χ0) is 27.1. The first-order valence-corrected chi connectivity index (χ1v) is 13.1. The van der Waals surface area contributed by atoms with Gasteiger partial charge in [0.05, 0.1) is 9.82 Å². The summed E-state index contributed by atoms with van der Waals surface area (Å²) in [5, 5.41) is 23.4. The van der Waals surface area contributed by atoms with Gasteiger partial charge in [-0.25, -0.2) is 13.2 Å². The number of phenols is 1. The number of hydrogen-bond acceptors (Lipinski definition) is 7. The number of ether oxygens (including phenoxy) is 1. The minimum Gasteiger partial charge on any atom is -0.508 e. The lowest BCUT2D eigenvalue weighted by Crippen LogP contribution is -2.43. The van der Waals surface area contributed by atoms with Gasteiger partial charge in [-0.05, 0) is 69.4 Å². The molecule has 10 nitrogen and oxygen atoms in total. The molecule has 0 aliphatic rings. The summed E-state index contributed by atoms with van der Waals surface area (Å²) >= 11 is 0. The van der Waals surface area contributed by atoms with Crippen LogP contribution in [0.2, 0.25) is 0 Å². The van der Waals surface area contributed by atoms with E-state index in [1.165, 1.54) is 16.4 Å². The fourth-order valence-corrected chi connectivity index (χ4v) is 5.14. The molecule has 0 saturated carbocycles. The highest BCUT2D eigenvalue weighted by molar-refractivity contribution is 7.89. The van der Waals surface area contributed by atoms with Crippen LogP contribution in [0, 0.1) is 16.0 Å². The minimum absolute atomic E-state index is 0.0205. The molecule has 198 valence electrons. The van der Waals surface area contributed by atoms with Crippen molar-refractivity contribution in [2.75, 3.05) is 13.1 Å². The first kappa shape index (κ1) is 29.1. The van der Waals surface area contributed by atoms with Crippen LogP contribution in [0.3, 0.4) is 0 Å². The number of amides is 1. The lowest BCUT2D eigenvalue weighted by atomic mass is 10.0. The van der Waals surface area contributed by atoms with Crippen LogP contribution in [-0.4, -0.2) is 53.6 Å². The fraction of sp³-hybridized carbons (Fsp3) is 0.480. The van der Waals surface area contributed by atoms with Crippen molar-refractivity contribution < 1.29 is 28.0 Å². The first-order chi connectivity index (χ1) is 16.7. The smallest absolute Gasteiger partial charge is 0.407 e. The molecule has 2 aromatic rings. The Bertz CT molecular complexity index is 1130. The molecule has 0 heterocycles.